The molecule has 0 spiro atoms. The third kappa shape index (κ3) is 5.17. The number of benzene rings is 2. The molecular formula is C29H34N4O6S. The van der Waals surface area contributed by atoms with Gasteiger partial charge >= 0.3 is 0 Å². The molecule has 0 radical (unpaired) electrons. The van der Waals surface area contributed by atoms with Crippen molar-refractivity contribution in [3.63, 3.8) is 0 Å². The molecular weight excluding hydrogens is 532 g/mol. The van der Waals surface area contributed by atoms with Crippen LogP contribution in [0.5, 0.6) is 11.5 Å². The molecule has 10 nitrogen and oxygen atoms in total. The van der Waals surface area contributed by atoms with Gasteiger partial charge in [0.1, 0.15) is 5.82 Å². The van der Waals surface area contributed by atoms with Crippen LogP contribution in [0, 0.1) is 0 Å². The van der Waals surface area contributed by atoms with Crippen molar-refractivity contribution in [3.05, 3.63) is 66.2 Å². The van der Waals surface area contributed by atoms with Gasteiger partial charge in [-0.2, -0.15) is 4.31 Å². The number of rotatable bonds is 9. The Morgan fingerprint density at radius 3 is 2.50 bits per heavy atom. The van der Waals surface area contributed by atoms with E-state index < -0.39 is 15.4 Å². The third-order valence-electron chi connectivity index (χ3n) is 7.83. The molecule has 0 unspecified atom stereocenters. The van der Waals surface area contributed by atoms with Crippen molar-refractivity contribution in [1.82, 2.24) is 14.2 Å². The summed E-state index contributed by atoms with van der Waals surface area (Å²) in [6.07, 6.45) is 1.49. The molecule has 1 N–H and O–H groups in total. The molecule has 40 heavy (non-hydrogen) atoms. The van der Waals surface area contributed by atoms with Crippen LogP contribution in [0.2, 0.25) is 0 Å². The molecule has 1 amide bonds. The van der Waals surface area contributed by atoms with E-state index in [1.54, 1.807) is 37.4 Å². The van der Waals surface area contributed by atoms with Crippen LogP contribution in [-0.2, 0) is 25.0 Å². The van der Waals surface area contributed by atoms with Gasteiger partial charge < -0.3 is 19.5 Å². The van der Waals surface area contributed by atoms with E-state index in [0.717, 1.165) is 30.5 Å². The minimum Gasteiger partial charge on any atom is -0.454 e. The molecule has 3 aromatic rings. The second-order valence-corrected chi connectivity index (χ2v) is 12.2. The summed E-state index contributed by atoms with van der Waals surface area (Å²) in [7, 11) is -1.92. The molecule has 1 saturated carbocycles. The average molecular weight is 567 g/mol. The molecule has 3 heterocycles. The van der Waals surface area contributed by atoms with Gasteiger partial charge in [-0.15, -0.1) is 0 Å². The molecule has 2 aromatic carbocycles. The fourth-order valence-corrected chi connectivity index (χ4v) is 6.65. The fraction of sp³-hybridized carbons (Fsp3) is 0.379. The molecule has 2 fully saturated rings. The summed E-state index contributed by atoms with van der Waals surface area (Å²) in [5.74, 6) is 1.68. The number of methoxy groups -OCH3 is 1. The van der Waals surface area contributed by atoms with Crippen molar-refractivity contribution in [1.29, 1.82) is 0 Å². The number of fused-ring (bicyclic) bond motifs is 1. The van der Waals surface area contributed by atoms with Crippen molar-refractivity contribution in [2.75, 3.05) is 58.6 Å². The van der Waals surface area contributed by atoms with Gasteiger partial charge in [0.15, 0.2) is 11.5 Å². The largest absolute Gasteiger partial charge is 0.454 e. The number of ether oxygens (including phenoxy) is 3. The Morgan fingerprint density at radius 2 is 1.77 bits per heavy atom. The fourth-order valence-electron chi connectivity index (χ4n) is 5.23. The summed E-state index contributed by atoms with van der Waals surface area (Å²) in [6.45, 7) is 3.88. The zero-order chi connectivity index (χ0) is 27.7. The van der Waals surface area contributed by atoms with Crippen molar-refractivity contribution in [3.8, 4) is 22.8 Å². The molecule has 11 heteroatoms. The lowest BCUT2D eigenvalue weighted by Crippen LogP contribution is -2.49. The molecule has 1 aromatic heterocycles. The number of aromatic nitrogens is 1. The van der Waals surface area contributed by atoms with Crippen LogP contribution in [0.15, 0.2) is 65.6 Å². The first-order chi connectivity index (χ1) is 19.4. The number of anilines is 1. The van der Waals surface area contributed by atoms with Gasteiger partial charge in [-0.1, -0.05) is 24.3 Å². The lowest BCUT2D eigenvalue weighted by atomic mass is 9.94. The zero-order valence-electron chi connectivity index (χ0n) is 22.3. The molecule has 212 valence electrons. The first-order valence-electron chi connectivity index (χ1n) is 13.4. The zero-order valence-corrected chi connectivity index (χ0v) is 23.2. The van der Waals surface area contributed by atoms with E-state index in [0.29, 0.717) is 55.8 Å². The Balaban J connectivity index is 0.00000337. The number of carbonyl (C=O) groups is 1. The van der Waals surface area contributed by atoms with E-state index in [9.17, 15) is 13.2 Å². The number of sulfonamides is 1. The summed E-state index contributed by atoms with van der Waals surface area (Å²) in [6, 6.07) is 17.8. The van der Waals surface area contributed by atoms with Crippen molar-refractivity contribution in [2.24, 2.45) is 0 Å². The summed E-state index contributed by atoms with van der Waals surface area (Å²) < 4.78 is 44.0. The molecule has 6 rings (SSSR count). The van der Waals surface area contributed by atoms with Gasteiger partial charge in [0, 0.05) is 46.8 Å². The number of pyridine rings is 1. The number of carbonyl (C=O) groups excluding carboxylic acids is 1. The maximum absolute atomic E-state index is 13.3. The van der Waals surface area contributed by atoms with Gasteiger partial charge in [0.05, 0.1) is 22.6 Å². The van der Waals surface area contributed by atoms with E-state index in [2.05, 4.69) is 15.2 Å². The maximum atomic E-state index is 13.3. The number of hydrogen-bond donors (Lipinski definition) is 1. The average Bonchev–Trinajstić information content (AvgIpc) is 3.67. The maximum Gasteiger partial charge on any atom is 0.243 e. The first-order valence-corrected chi connectivity index (χ1v) is 14.8. The monoisotopic (exact) mass is 566 g/mol. The number of nitrogens with one attached hydrogen (secondary N) is 1. The van der Waals surface area contributed by atoms with Crippen LogP contribution in [0.25, 0.3) is 11.3 Å². The molecule has 1 saturated heterocycles. The topological polar surface area (TPSA) is 110 Å². The van der Waals surface area contributed by atoms with E-state index in [1.165, 1.54) is 4.31 Å². The van der Waals surface area contributed by atoms with Crippen LogP contribution in [0.1, 0.15) is 19.8 Å². The highest BCUT2D eigenvalue weighted by Gasteiger charge is 2.51. The predicted molar refractivity (Wildman–Crippen MR) is 151 cm³/mol. The number of piperazine rings is 1. The quantitative estimate of drug-likeness (QED) is 0.420. The van der Waals surface area contributed by atoms with Crippen LogP contribution in [0.3, 0.4) is 0 Å². The predicted octanol–water partition coefficient (Wildman–Crippen LogP) is 3.35. The Labute approximate surface area is 235 Å². The van der Waals surface area contributed by atoms with Crippen LogP contribution < -0.4 is 14.8 Å². The highest BCUT2D eigenvalue weighted by atomic mass is 32.2. The summed E-state index contributed by atoms with van der Waals surface area (Å²) >= 11 is 0. The van der Waals surface area contributed by atoms with Crippen LogP contribution in [0.4, 0.5) is 5.82 Å². The number of amides is 1. The third-order valence-corrected chi connectivity index (χ3v) is 9.74. The second kappa shape index (κ2) is 10.8. The van der Waals surface area contributed by atoms with E-state index in [4.69, 9.17) is 14.2 Å². The Morgan fingerprint density at radius 1 is 1.02 bits per heavy atom. The molecule has 3 aliphatic rings. The van der Waals surface area contributed by atoms with Gasteiger partial charge in [0.2, 0.25) is 22.7 Å². The minimum absolute atomic E-state index is 0. The Kier molecular flexibility index (Phi) is 7.22. The highest BCUT2D eigenvalue weighted by Crippen LogP contribution is 2.51. The number of nitrogens with zero attached hydrogens (tertiary/aromatic N) is 3. The van der Waals surface area contributed by atoms with Crippen molar-refractivity contribution in [2.45, 2.75) is 23.2 Å². The highest BCUT2D eigenvalue weighted by molar-refractivity contribution is 7.89. The lowest BCUT2D eigenvalue weighted by Gasteiger charge is -2.33. The summed E-state index contributed by atoms with van der Waals surface area (Å²) in [5.41, 5.74) is 1.69. The van der Waals surface area contributed by atoms with Gasteiger partial charge in [-0.3, -0.25) is 9.69 Å². The van der Waals surface area contributed by atoms with Gasteiger partial charge in [-0.25, -0.2) is 13.4 Å². The molecule has 1 aliphatic carbocycles. The van der Waals surface area contributed by atoms with Crippen LogP contribution in [-0.4, -0.2) is 81.7 Å². The molecule has 0 bridgehead atoms. The van der Waals surface area contributed by atoms with E-state index >= 15 is 0 Å². The smallest absolute Gasteiger partial charge is 0.243 e. The second-order valence-electron chi connectivity index (χ2n) is 10.3. The minimum atomic E-state index is -3.59. The summed E-state index contributed by atoms with van der Waals surface area (Å²) in [4.78, 5) is 20.4. The normalized spacial score (nSPS) is 18.4. The summed E-state index contributed by atoms with van der Waals surface area (Å²) in [5, 5.41) is 2.98. The van der Waals surface area contributed by atoms with E-state index in [-0.39, 0.29) is 19.0 Å². The van der Waals surface area contributed by atoms with Crippen molar-refractivity contribution < 1.29 is 28.8 Å². The van der Waals surface area contributed by atoms with Crippen LogP contribution >= 0.6 is 0 Å². The standard InChI is InChI=1S/C29H32N4O6S.H2/c1-37-18-17-32-13-15-33(16-14-32)40(35,36)23-8-5-21(6-9-23)24-3-2-4-27(30-24)31-28(34)29(11-12-29)22-7-10-25-26(19-22)39-20-38-25;/h2-10,19H,11-18,20H2,1H3,(H,30,31,34);1H. The number of hydrogen-bond acceptors (Lipinski definition) is 8. The lowest BCUT2D eigenvalue weighted by molar-refractivity contribution is -0.118. The molecule has 2 aliphatic heterocycles. The Hall–Kier alpha value is -3.51. The van der Waals surface area contributed by atoms with Crippen molar-refractivity contribution >= 4 is 21.7 Å². The SMILES string of the molecule is COCCN1CCN(S(=O)(=O)c2ccc(-c3cccc(NC(=O)C4(c5ccc6c(c5)OCO6)CC4)n3)cc2)CC1.[HH]. The molecule has 0 atom stereocenters. The van der Waals surface area contributed by atoms with Gasteiger partial charge in [-0.05, 0) is 54.8 Å². The first kappa shape index (κ1) is 26.7. The van der Waals surface area contributed by atoms with Gasteiger partial charge in [0.25, 0.3) is 0 Å². The van der Waals surface area contributed by atoms with E-state index in [1.807, 2.05) is 30.3 Å². The Bertz CT molecular complexity index is 1510.